The average Bonchev–Trinajstić information content (AvgIpc) is 3.06. The van der Waals surface area contributed by atoms with Crippen molar-refractivity contribution in [1.82, 2.24) is 19.9 Å². The van der Waals surface area contributed by atoms with Gasteiger partial charge in [0.25, 0.3) is 5.56 Å². The van der Waals surface area contributed by atoms with Crippen LogP contribution in [0.4, 0.5) is 0 Å². The predicted molar refractivity (Wildman–Crippen MR) is 95.8 cm³/mol. The van der Waals surface area contributed by atoms with E-state index in [1.807, 2.05) is 20.8 Å². The maximum atomic E-state index is 12.5. The van der Waals surface area contributed by atoms with Crippen molar-refractivity contribution in [3.8, 4) is 0 Å². The Bertz CT molecular complexity index is 856. The number of aromatic nitrogens is 3. The first-order valence-corrected chi connectivity index (χ1v) is 9.59. The van der Waals surface area contributed by atoms with Crippen molar-refractivity contribution in [1.29, 1.82) is 0 Å². The molecule has 0 radical (unpaired) electrons. The molecule has 8 heteroatoms. The second kappa shape index (κ2) is 6.68. The third-order valence-electron chi connectivity index (χ3n) is 4.19. The monoisotopic (exact) mass is 364 g/mol. The normalized spacial score (nSPS) is 16.2. The zero-order chi connectivity index (χ0) is 17.4. The Morgan fingerprint density at radius 1 is 1.25 bits per heavy atom. The number of fused-ring (bicyclic) bond motifs is 1. The van der Waals surface area contributed by atoms with Crippen molar-refractivity contribution in [2.75, 3.05) is 5.75 Å². The standard InChI is InChI=1S/C16H20N4O2S2/c1-8-9(2)19-16-20(15(8)22)12(7-23-16)5-14(21)17-6-13-10(3)18-11(4)24-13/h12H,5-7H2,1-4H3,(H,17,21). The van der Waals surface area contributed by atoms with Crippen LogP contribution in [-0.2, 0) is 11.3 Å². The Balaban J connectivity index is 1.68. The zero-order valence-electron chi connectivity index (χ0n) is 14.2. The Hall–Kier alpha value is -1.67. The largest absolute Gasteiger partial charge is 0.351 e. The predicted octanol–water partition coefficient (Wildman–Crippen LogP) is 2.29. The molecule has 1 atom stereocenters. The maximum Gasteiger partial charge on any atom is 0.257 e. The van der Waals surface area contributed by atoms with Gasteiger partial charge in [-0.1, -0.05) is 11.8 Å². The van der Waals surface area contributed by atoms with Crippen LogP contribution in [0.25, 0.3) is 0 Å². The Kier molecular flexibility index (Phi) is 4.78. The first kappa shape index (κ1) is 17.2. The Morgan fingerprint density at radius 2 is 2.00 bits per heavy atom. The fourth-order valence-corrected chi connectivity index (χ4v) is 4.78. The van der Waals surface area contributed by atoms with Crippen LogP contribution in [0.2, 0.25) is 0 Å². The summed E-state index contributed by atoms with van der Waals surface area (Å²) < 4.78 is 1.68. The highest BCUT2D eigenvalue weighted by Gasteiger charge is 2.28. The summed E-state index contributed by atoms with van der Waals surface area (Å²) in [6.07, 6.45) is 0.293. The number of thiazole rings is 1. The smallest absolute Gasteiger partial charge is 0.257 e. The van der Waals surface area contributed by atoms with Crippen LogP contribution in [0, 0.1) is 27.7 Å². The van der Waals surface area contributed by atoms with E-state index in [9.17, 15) is 9.59 Å². The molecular weight excluding hydrogens is 344 g/mol. The van der Waals surface area contributed by atoms with Gasteiger partial charge in [0.2, 0.25) is 5.91 Å². The van der Waals surface area contributed by atoms with Gasteiger partial charge in [-0.05, 0) is 27.7 Å². The minimum absolute atomic E-state index is 0.0331. The highest BCUT2D eigenvalue weighted by atomic mass is 32.2. The lowest BCUT2D eigenvalue weighted by Crippen LogP contribution is -2.31. The molecule has 0 fully saturated rings. The van der Waals surface area contributed by atoms with E-state index in [0.29, 0.717) is 24.3 Å². The van der Waals surface area contributed by atoms with Crippen LogP contribution in [0.3, 0.4) is 0 Å². The Morgan fingerprint density at radius 3 is 2.67 bits per heavy atom. The van der Waals surface area contributed by atoms with Gasteiger partial charge in [-0.25, -0.2) is 9.97 Å². The average molecular weight is 364 g/mol. The molecule has 1 aliphatic heterocycles. The van der Waals surface area contributed by atoms with Gasteiger partial charge in [-0.15, -0.1) is 11.3 Å². The molecule has 0 saturated heterocycles. The quantitative estimate of drug-likeness (QED) is 0.842. The lowest BCUT2D eigenvalue weighted by atomic mass is 10.2. The molecule has 2 aromatic heterocycles. The summed E-state index contributed by atoms with van der Waals surface area (Å²) >= 11 is 3.14. The summed E-state index contributed by atoms with van der Waals surface area (Å²) in [5.74, 6) is 0.654. The molecule has 1 amide bonds. The number of carbonyl (C=O) groups excluding carboxylic acids is 1. The van der Waals surface area contributed by atoms with Gasteiger partial charge < -0.3 is 5.32 Å². The number of amides is 1. The molecule has 0 aliphatic carbocycles. The summed E-state index contributed by atoms with van der Waals surface area (Å²) in [6.45, 7) is 8.03. The van der Waals surface area contributed by atoms with Crippen LogP contribution in [0.15, 0.2) is 9.95 Å². The van der Waals surface area contributed by atoms with Gasteiger partial charge in [-0.3, -0.25) is 14.2 Å². The number of hydrogen-bond donors (Lipinski definition) is 1. The maximum absolute atomic E-state index is 12.5. The van der Waals surface area contributed by atoms with E-state index in [-0.39, 0.29) is 17.5 Å². The van der Waals surface area contributed by atoms with Gasteiger partial charge in [0, 0.05) is 28.3 Å². The van der Waals surface area contributed by atoms with E-state index in [0.717, 1.165) is 26.4 Å². The van der Waals surface area contributed by atoms with E-state index in [4.69, 9.17) is 0 Å². The van der Waals surface area contributed by atoms with Crippen molar-refractivity contribution in [2.24, 2.45) is 0 Å². The highest BCUT2D eigenvalue weighted by Crippen LogP contribution is 2.32. The lowest BCUT2D eigenvalue weighted by molar-refractivity contribution is -0.121. The van der Waals surface area contributed by atoms with Gasteiger partial charge in [0.15, 0.2) is 5.16 Å². The molecule has 2 aromatic rings. The molecule has 24 heavy (non-hydrogen) atoms. The van der Waals surface area contributed by atoms with E-state index < -0.39 is 0 Å². The molecule has 0 bridgehead atoms. The van der Waals surface area contributed by atoms with Crippen LogP contribution in [0.1, 0.15) is 39.3 Å². The molecule has 3 heterocycles. The second-order valence-corrected chi connectivity index (χ2v) is 8.24. The number of thioether (sulfide) groups is 1. The number of nitrogens with one attached hydrogen (secondary N) is 1. The van der Waals surface area contributed by atoms with E-state index >= 15 is 0 Å². The number of nitrogens with zero attached hydrogens (tertiary/aromatic N) is 3. The highest BCUT2D eigenvalue weighted by molar-refractivity contribution is 7.99. The van der Waals surface area contributed by atoms with E-state index in [1.54, 1.807) is 22.8 Å². The number of carbonyl (C=O) groups is 1. The van der Waals surface area contributed by atoms with E-state index in [1.165, 1.54) is 11.8 Å². The first-order valence-electron chi connectivity index (χ1n) is 7.79. The molecule has 1 aliphatic rings. The number of rotatable bonds is 4. The number of aryl methyl sites for hydroxylation is 3. The van der Waals surface area contributed by atoms with Crippen molar-refractivity contribution < 1.29 is 4.79 Å². The fraction of sp³-hybridized carbons (Fsp3) is 0.500. The first-order chi connectivity index (χ1) is 11.4. The van der Waals surface area contributed by atoms with Crippen LogP contribution in [0.5, 0.6) is 0 Å². The molecule has 0 aromatic carbocycles. The van der Waals surface area contributed by atoms with Crippen molar-refractivity contribution >= 4 is 29.0 Å². The molecule has 6 nitrogen and oxygen atoms in total. The minimum Gasteiger partial charge on any atom is -0.351 e. The third-order valence-corrected chi connectivity index (χ3v) is 6.36. The third kappa shape index (κ3) is 3.25. The summed E-state index contributed by atoms with van der Waals surface area (Å²) in [7, 11) is 0. The lowest BCUT2D eigenvalue weighted by Gasteiger charge is -2.14. The van der Waals surface area contributed by atoms with Crippen molar-refractivity contribution in [2.45, 2.75) is 51.9 Å². The molecule has 1 unspecified atom stereocenters. The summed E-state index contributed by atoms with van der Waals surface area (Å²) in [4.78, 5) is 34.7. The van der Waals surface area contributed by atoms with Gasteiger partial charge in [0.05, 0.1) is 23.3 Å². The fourth-order valence-electron chi connectivity index (χ4n) is 2.73. The van der Waals surface area contributed by atoms with Gasteiger partial charge in [-0.2, -0.15) is 0 Å². The van der Waals surface area contributed by atoms with Crippen LogP contribution in [-0.4, -0.2) is 26.2 Å². The zero-order valence-corrected chi connectivity index (χ0v) is 15.8. The summed E-state index contributed by atoms with van der Waals surface area (Å²) in [5, 5.41) is 4.66. The number of hydrogen-bond acceptors (Lipinski definition) is 6. The van der Waals surface area contributed by atoms with Gasteiger partial charge >= 0.3 is 0 Å². The minimum atomic E-state index is -0.131. The van der Waals surface area contributed by atoms with Crippen LogP contribution >= 0.6 is 23.1 Å². The molecule has 1 N–H and O–H groups in total. The van der Waals surface area contributed by atoms with Crippen molar-refractivity contribution in [3.05, 3.63) is 37.2 Å². The topological polar surface area (TPSA) is 76.9 Å². The molecule has 3 rings (SSSR count). The van der Waals surface area contributed by atoms with Crippen LogP contribution < -0.4 is 10.9 Å². The molecule has 0 spiro atoms. The molecular formula is C16H20N4O2S2. The Labute approximate surface area is 148 Å². The van der Waals surface area contributed by atoms with Gasteiger partial charge in [0.1, 0.15) is 0 Å². The summed E-state index contributed by atoms with van der Waals surface area (Å²) in [6, 6.07) is -0.131. The summed E-state index contributed by atoms with van der Waals surface area (Å²) in [5.41, 5.74) is 2.35. The second-order valence-electron chi connectivity index (χ2n) is 5.97. The molecule has 128 valence electrons. The van der Waals surface area contributed by atoms with E-state index in [2.05, 4.69) is 15.3 Å². The SMILES string of the molecule is Cc1nc(C)c(CNC(=O)CC2CSc3nc(C)c(C)c(=O)n32)s1. The molecule has 0 saturated carbocycles. The van der Waals surface area contributed by atoms with Crippen molar-refractivity contribution in [3.63, 3.8) is 0 Å².